The van der Waals surface area contributed by atoms with Crippen molar-refractivity contribution in [2.45, 2.75) is 19.9 Å². The Morgan fingerprint density at radius 3 is 2.53 bits per heavy atom. The molecule has 0 heterocycles. The molecule has 92 valence electrons. The fourth-order valence-corrected chi connectivity index (χ4v) is 1.46. The first-order chi connectivity index (χ1) is 7.95. The van der Waals surface area contributed by atoms with Crippen molar-refractivity contribution in [2.24, 2.45) is 0 Å². The minimum Gasteiger partial charge on any atom is -0.508 e. The van der Waals surface area contributed by atoms with Gasteiger partial charge in [0.15, 0.2) is 0 Å². The van der Waals surface area contributed by atoms with Crippen molar-refractivity contribution in [2.75, 3.05) is 7.05 Å². The number of carbonyl (C=O) groups excluding carboxylic acids is 2. The molecule has 2 amide bonds. The number of rotatable bonds is 3. The first-order valence-corrected chi connectivity index (χ1v) is 5.27. The van der Waals surface area contributed by atoms with Gasteiger partial charge in [-0.2, -0.15) is 0 Å². The molecule has 1 rings (SSSR count). The van der Waals surface area contributed by atoms with Crippen LogP contribution in [0.15, 0.2) is 18.2 Å². The Morgan fingerprint density at radius 1 is 1.35 bits per heavy atom. The second kappa shape index (κ2) is 5.34. The number of benzene rings is 1. The Hall–Kier alpha value is -2.04. The van der Waals surface area contributed by atoms with E-state index in [1.54, 1.807) is 13.8 Å². The van der Waals surface area contributed by atoms with Crippen molar-refractivity contribution >= 4 is 11.8 Å². The summed E-state index contributed by atoms with van der Waals surface area (Å²) in [4.78, 5) is 23.1. The maximum Gasteiger partial charge on any atom is 0.252 e. The summed E-state index contributed by atoms with van der Waals surface area (Å²) in [6.45, 7) is 3.33. The van der Waals surface area contributed by atoms with E-state index in [4.69, 9.17) is 0 Å². The molecule has 5 nitrogen and oxygen atoms in total. The number of aryl methyl sites for hydroxylation is 1. The number of hydrogen-bond donors (Lipinski definition) is 3. The molecule has 0 aromatic heterocycles. The SMILES string of the molecule is CNC(=O)C(C)NC(=O)c1ccc(O)cc1C. The van der Waals surface area contributed by atoms with Crippen LogP contribution in [-0.4, -0.2) is 30.0 Å². The average molecular weight is 236 g/mol. The van der Waals surface area contributed by atoms with Gasteiger partial charge in [-0.25, -0.2) is 0 Å². The van der Waals surface area contributed by atoms with Gasteiger partial charge in [-0.3, -0.25) is 9.59 Å². The molecule has 1 aromatic rings. The fraction of sp³-hybridized carbons (Fsp3) is 0.333. The molecule has 0 saturated heterocycles. The smallest absolute Gasteiger partial charge is 0.252 e. The molecule has 1 unspecified atom stereocenters. The average Bonchev–Trinajstić information content (AvgIpc) is 2.27. The third-order valence-corrected chi connectivity index (χ3v) is 2.44. The zero-order valence-electron chi connectivity index (χ0n) is 10.1. The van der Waals surface area contributed by atoms with E-state index in [0.717, 1.165) is 0 Å². The van der Waals surface area contributed by atoms with Crippen molar-refractivity contribution in [3.8, 4) is 5.75 Å². The zero-order chi connectivity index (χ0) is 13.0. The van der Waals surface area contributed by atoms with Gasteiger partial charge in [-0.05, 0) is 37.6 Å². The highest BCUT2D eigenvalue weighted by Gasteiger charge is 2.16. The van der Waals surface area contributed by atoms with Crippen LogP contribution < -0.4 is 10.6 Å². The lowest BCUT2D eigenvalue weighted by Gasteiger charge is -2.13. The molecular weight excluding hydrogens is 220 g/mol. The van der Waals surface area contributed by atoms with Crippen LogP contribution in [0.2, 0.25) is 0 Å². The second-order valence-corrected chi connectivity index (χ2v) is 3.81. The van der Waals surface area contributed by atoms with E-state index in [1.807, 2.05) is 0 Å². The van der Waals surface area contributed by atoms with Crippen molar-refractivity contribution in [1.29, 1.82) is 0 Å². The van der Waals surface area contributed by atoms with Crippen LogP contribution in [0.25, 0.3) is 0 Å². The van der Waals surface area contributed by atoms with E-state index in [0.29, 0.717) is 11.1 Å². The molecule has 1 atom stereocenters. The topological polar surface area (TPSA) is 78.4 Å². The molecule has 3 N–H and O–H groups in total. The summed E-state index contributed by atoms with van der Waals surface area (Å²) in [6, 6.07) is 3.86. The lowest BCUT2D eigenvalue weighted by molar-refractivity contribution is -0.122. The van der Waals surface area contributed by atoms with Gasteiger partial charge < -0.3 is 15.7 Å². The largest absolute Gasteiger partial charge is 0.508 e. The molecule has 0 spiro atoms. The van der Waals surface area contributed by atoms with Crippen LogP contribution >= 0.6 is 0 Å². The Morgan fingerprint density at radius 2 is 2.00 bits per heavy atom. The number of nitrogens with one attached hydrogen (secondary N) is 2. The minimum atomic E-state index is -0.597. The summed E-state index contributed by atoms with van der Waals surface area (Å²) in [5.74, 6) is -0.480. The highest BCUT2D eigenvalue weighted by Crippen LogP contribution is 2.15. The molecule has 5 heteroatoms. The maximum absolute atomic E-state index is 11.8. The molecule has 0 radical (unpaired) electrons. The lowest BCUT2D eigenvalue weighted by Crippen LogP contribution is -2.43. The molecule has 0 aliphatic carbocycles. The van der Waals surface area contributed by atoms with E-state index in [9.17, 15) is 14.7 Å². The van der Waals surface area contributed by atoms with Gasteiger partial charge in [-0.15, -0.1) is 0 Å². The standard InChI is InChI=1S/C12H16N2O3/c1-7-6-9(15)4-5-10(7)12(17)14-8(2)11(16)13-3/h4-6,8,15H,1-3H3,(H,13,16)(H,14,17). The molecule has 0 bridgehead atoms. The quantitative estimate of drug-likeness (QED) is 0.717. The van der Waals surface area contributed by atoms with Crippen LogP contribution in [0.5, 0.6) is 5.75 Å². The van der Waals surface area contributed by atoms with Gasteiger partial charge in [0, 0.05) is 12.6 Å². The third kappa shape index (κ3) is 3.21. The summed E-state index contributed by atoms with van der Waals surface area (Å²) in [5.41, 5.74) is 1.10. The van der Waals surface area contributed by atoms with Crippen LogP contribution in [0.4, 0.5) is 0 Å². The third-order valence-electron chi connectivity index (χ3n) is 2.44. The van der Waals surface area contributed by atoms with Gasteiger partial charge in [0.2, 0.25) is 5.91 Å². The Labute approximate surface area is 99.8 Å². The summed E-state index contributed by atoms with van der Waals surface area (Å²) in [5, 5.41) is 14.3. The number of likely N-dealkylation sites (N-methyl/N-ethyl adjacent to an activating group) is 1. The number of phenols is 1. The predicted molar refractivity (Wildman–Crippen MR) is 63.8 cm³/mol. The van der Waals surface area contributed by atoms with Gasteiger partial charge in [-0.1, -0.05) is 0 Å². The summed E-state index contributed by atoms with van der Waals surface area (Å²) < 4.78 is 0. The molecule has 0 saturated carbocycles. The van der Waals surface area contributed by atoms with E-state index in [-0.39, 0.29) is 17.6 Å². The van der Waals surface area contributed by atoms with E-state index in [2.05, 4.69) is 10.6 Å². The highest BCUT2D eigenvalue weighted by atomic mass is 16.3. The normalized spacial score (nSPS) is 11.7. The van der Waals surface area contributed by atoms with Gasteiger partial charge in [0.05, 0.1) is 0 Å². The zero-order valence-corrected chi connectivity index (χ0v) is 10.1. The number of amides is 2. The first-order valence-electron chi connectivity index (χ1n) is 5.27. The Kier molecular flexibility index (Phi) is 4.09. The van der Waals surface area contributed by atoms with Crippen molar-refractivity contribution < 1.29 is 14.7 Å². The second-order valence-electron chi connectivity index (χ2n) is 3.81. The van der Waals surface area contributed by atoms with Gasteiger partial charge >= 0.3 is 0 Å². The molecule has 0 aliphatic rings. The van der Waals surface area contributed by atoms with Crippen LogP contribution in [0.1, 0.15) is 22.8 Å². The fourth-order valence-electron chi connectivity index (χ4n) is 1.46. The van der Waals surface area contributed by atoms with Crippen molar-refractivity contribution in [3.05, 3.63) is 29.3 Å². The predicted octanol–water partition coefficient (Wildman–Crippen LogP) is 0.565. The minimum absolute atomic E-state index is 0.110. The van der Waals surface area contributed by atoms with Crippen molar-refractivity contribution in [3.63, 3.8) is 0 Å². The van der Waals surface area contributed by atoms with Crippen LogP contribution in [0, 0.1) is 6.92 Å². The Bertz CT molecular complexity index is 443. The van der Waals surface area contributed by atoms with E-state index >= 15 is 0 Å². The number of aromatic hydroxyl groups is 1. The highest BCUT2D eigenvalue weighted by molar-refractivity contribution is 5.98. The van der Waals surface area contributed by atoms with Crippen LogP contribution in [-0.2, 0) is 4.79 Å². The molecule has 0 fully saturated rings. The lowest BCUT2D eigenvalue weighted by atomic mass is 10.1. The number of phenolic OH excluding ortho intramolecular Hbond substituents is 1. The summed E-state index contributed by atoms with van der Waals surface area (Å²) in [7, 11) is 1.51. The summed E-state index contributed by atoms with van der Waals surface area (Å²) >= 11 is 0. The van der Waals surface area contributed by atoms with Crippen molar-refractivity contribution in [1.82, 2.24) is 10.6 Å². The summed E-state index contributed by atoms with van der Waals surface area (Å²) in [6.07, 6.45) is 0. The molecule has 17 heavy (non-hydrogen) atoms. The van der Waals surface area contributed by atoms with Gasteiger partial charge in [0.25, 0.3) is 5.91 Å². The monoisotopic (exact) mass is 236 g/mol. The first kappa shape index (κ1) is 13.0. The van der Waals surface area contributed by atoms with E-state index < -0.39 is 6.04 Å². The number of hydrogen-bond acceptors (Lipinski definition) is 3. The van der Waals surface area contributed by atoms with E-state index in [1.165, 1.54) is 25.2 Å². The Balaban J connectivity index is 2.80. The molecular formula is C12H16N2O3. The van der Waals surface area contributed by atoms with Gasteiger partial charge in [0.1, 0.15) is 11.8 Å². The molecule has 1 aromatic carbocycles. The molecule has 0 aliphatic heterocycles. The number of carbonyl (C=O) groups is 2. The maximum atomic E-state index is 11.8. The van der Waals surface area contributed by atoms with Crippen LogP contribution in [0.3, 0.4) is 0 Å².